The Bertz CT molecular complexity index is 1500. The first-order valence-corrected chi connectivity index (χ1v) is 10.8. The van der Waals surface area contributed by atoms with Gasteiger partial charge in [0.2, 0.25) is 0 Å². The van der Waals surface area contributed by atoms with E-state index in [0.717, 1.165) is 52.2 Å². The van der Waals surface area contributed by atoms with Gasteiger partial charge in [0.05, 0.1) is 29.6 Å². The Morgan fingerprint density at radius 1 is 1.06 bits per heavy atom. The Kier molecular flexibility index (Phi) is 5.71. The summed E-state index contributed by atoms with van der Waals surface area (Å²) in [6, 6.07) is 11.6. The van der Waals surface area contributed by atoms with Crippen molar-refractivity contribution in [2.45, 2.75) is 24.7 Å². The number of aliphatic hydroxyl groups excluding tert-OH is 1. The minimum atomic E-state index is -4.57. The van der Waals surface area contributed by atoms with Crippen LogP contribution in [0.2, 0.25) is 0 Å². The van der Waals surface area contributed by atoms with Crippen molar-refractivity contribution < 1.29 is 32.3 Å². The third-order valence-electron chi connectivity index (χ3n) is 6.04. The lowest BCUT2D eigenvalue weighted by molar-refractivity contribution is -0.137. The van der Waals surface area contributed by atoms with Gasteiger partial charge in [-0.05, 0) is 41.5 Å². The number of carbonyl (C=O) groups is 2. The number of anilines is 1. The maximum absolute atomic E-state index is 14.5. The van der Waals surface area contributed by atoms with Crippen molar-refractivity contribution >= 4 is 23.1 Å². The van der Waals surface area contributed by atoms with Crippen LogP contribution < -0.4 is 10.6 Å². The first kappa shape index (κ1) is 23.5. The van der Waals surface area contributed by atoms with Crippen LogP contribution >= 0.6 is 0 Å². The second-order valence-electron chi connectivity index (χ2n) is 8.35. The van der Waals surface area contributed by atoms with Crippen molar-refractivity contribution in [3.05, 3.63) is 101 Å². The molecule has 2 aromatic carbocycles. The average Bonchev–Trinajstić information content (AvgIpc) is 3.40. The van der Waals surface area contributed by atoms with E-state index >= 15 is 0 Å². The number of alkyl halides is 3. The number of nitrogens with one attached hydrogen (secondary N) is 2. The molecule has 1 aliphatic rings. The van der Waals surface area contributed by atoms with Crippen molar-refractivity contribution in [3.63, 3.8) is 0 Å². The van der Waals surface area contributed by atoms with Crippen LogP contribution in [-0.4, -0.2) is 32.4 Å². The summed E-state index contributed by atoms with van der Waals surface area (Å²) in [5, 5.41) is 15.5. The molecule has 11 heteroatoms. The molecule has 2 amide bonds. The number of imidazole rings is 1. The average molecular weight is 498 g/mol. The molecule has 0 spiro atoms. The van der Waals surface area contributed by atoms with Gasteiger partial charge in [-0.1, -0.05) is 24.3 Å². The predicted octanol–water partition coefficient (Wildman–Crippen LogP) is 4.13. The molecule has 3 N–H and O–H groups in total. The molecule has 0 radical (unpaired) electrons. The predicted molar refractivity (Wildman–Crippen MR) is 121 cm³/mol. The molecule has 36 heavy (non-hydrogen) atoms. The van der Waals surface area contributed by atoms with Crippen LogP contribution in [0.4, 0.5) is 23.2 Å². The molecule has 2 atom stereocenters. The van der Waals surface area contributed by atoms with Gasteiger partial charge in [-0.25, -0.2) is 9.37 Å². The summed E-state index contributed by atoms with van der Waals surface area (Å²) in [5.74, 6) is -2.24. The molecule has 0 bridgehead atoms. The highest BCUT2D eigenvalue weighted by atomic mass is 19.4. The Morgan fingerprint density at radius 3 is 2.61 bits per heavy atom. The normalized spacial score (nSPS) is 17.1. The van der Waals surface area contributed by atoms with Crippen LogP contribution in [0.25, 0.3) is 5.65 Å². The molecule has 0 saturated heterocycles. The molecule has 5 rings (SSSR count). The van der Waals surface area contributed by atoms with E-state index in [9.17, 15) is 32.3 Å². The van der Waals surface area contributed by atoms with Gasteiger partial charge in [0.25, 0.3) is 11.8 Å². The van der Waals surface area contributed by atoms with Crippen LogP contribution in [-0.2, 0) is 12.6 Å². The van der Waals surface area contributed by atoms with Crippen molar-refractivity contribution in [2.24, 2.45) is 0 Å². The SMILES string of the molecule is O=C(N[C@H]1c2ccccc2C[C@H]1O)c1ccc(F)c(NC(=O)c2cnc3cc(C(F)(F)F)ccn23)c1. The van der Waals surface area contributed by atoms with Gasteiger partial charge >= 0.3 is 6.18 Å². The number of pyridine rings is 1. The summed E-state index contributed by atoms with van der Waals surface area (Å²) in [6.07, 6.45) is -2.89. The third kappa shape index (κ3) is 4.29. The third-order valence-corrected chi connectivity index (χ3v) is 6.04. The van der Waals surface area contributed by atoms with Crippen molar-refractivity contribution in [3.8, 4) is 0 Å². The van der Waals surface area contributed by atoms with Gasteiger partial charge in [-0.2, -0.15) is 13.2 Å². The van der Waals surface area contributed by atoms with Gasteiger partial charge in [0.1, 0.15) is 17.2 Å². The molecule has 0 unspecified atom stereocenters. The number of rotatable bonds is 4. The van der Waals surface area contributed by atoms with Gasteiger partial charge in [-0.3, -0.25) is 14.0 Å². The van der Waals surface area contributed by atoms with Crippen LogP contribution in [0.3, 0.4) is 0 Å². The number of fused-ring (bicyclic) bond motifs is 2. The fraction of sp³-hybridized carbons (Fsp3) is 0.160. The van der Waals surface area contributed by atoms with Crippen molar-refractivity contribution in [1.82, 2.24) is 14.7 Å². The van der Waals surface area contributed by atoms with Crippen molar-refractivity contribution in [1.29, 1.82) is 0 Å². The standard InChI is InChI=1S/C25H18F4N4O3/c26-17-6-5-14(23(35)32-22-16-4-2-1-3-13(16)10-20(22)34)9-18(17)31-24(36)19-12-30-21-11-15(25(27,28)29)7-8-33(19)21/h1-9,11-12,20,22,34H,10H2,(H,31,36)(H,32,35)/t20-,22+/m1/s1. The maximum atomic E-state index is 14.5. The number of benzene rings is 2. The van der Waals surface area contributed by atoms with Crippen LogP contribution in [0.15, 0.2) is 67.0 Å². The number of amides is 2. The zero-order valence-corrected chi connectivity index (χ0v) is 18.4. The highest BCUT2D eigenvalue weighted by Gasteiger charge is 2.33. The van der Waals surface area contributed by atoms with Gasteiger partial charge < -0.3 is 15.7 Å². The van der Waals surface area contributed by atoms with Gasteiger partial charge in [0, 0.05) is 18.2 Å². The van der Waals surface area contributed by atoms with E-state index in [2.05, 4.69) is 15.6 Å². The molecule has 7 nitrogen and oxygen atoms in total. The number of hydrogen-bond acceptors (Lipinski definition) is 4. The lowest BCUT2D eigenvalue weighted by atomic mass is 10.1. The zero-order valence-electron chi connectivity index (χ0n) is 18.4. The quantitative estimate of drug-likeness (QED) is 0.369. The van der Waals surface area contributed by atoms with Crippen LogP contribution in [0, 0.1) is 5.82 Å². The molecule has 184 valence electrons. The molecule has 0 aliphatic heterocycles. The number of carbonyl (C=O) groups excluding carboxylic acids is 2. The summed E-state index contributed by atoms with van der Waals surface area (Å²) in [6.45, 7) is 0. The lowest BCUT2D eigenvalue weighted by Gasteiger charge is -2.18. The topological polar surface area (TPSA) is 95.7 Å². The highest BCUT2D eigenvalue weighted by molar-refractivity contribution is 6.04. The number of hydrogen-bond donors (Lipinski definition) is 3. The van der Waals surface area contributed by atoms with Crippen LogP contribution in [0.1, 0.15) is 43.6 Å². The summed E-state index contributed by atoms with van der Waals surface area (Å²) in [4.78, 5) is 29.5. The van der Waals surface area contributed by atoms with E-state index in [-0.39, 0.29) is 22.6 Å². The summed E-state index contributed by atoms with van der Waals surface area (Å²) < 4.78 is 54.4. The monoisotopic (exact) mass is 498 g/mol. The first-order valence-electron chi connectivity index (χ1n) is 10.8. The Balaban J connectivity index is 1.36. The second kappa shape index (κ2) is 8.76. The Labute approximate surface area is 201 Å². The van der Waals surface area contributed by atoms with Gasteiger partial charge in [-0.15, -0.1) is 0 Å². The molecular formula is C25H18F4N4O3. The van der Waals surface area contributed by atoms with Crippen molar-refractivity contribution in [2.75, 3.05) is 5.32 Å². The number of aliphatic hydroxyl groups is 1. The number of nitrogens with zero attached hydrogens (tertiary/aromatic N) is 2. The van der Waals surface area contributed by atoms with Gasteiger partial charge in [0.15, 0.2) is 0 Å². The first-order chi connectivity index (χ1) is 17.1. The van der Waals surface area contributed by atoms with Crippen LogP contribution in [0.5, 0.6) is 0 Å². The number of aromatic nitrogens is 2. The largest absolute Gasteiger partial charge is 0.416 e. The van der Waals surface area contributed by atoms with E-state index in [1.165, 1.54) is 6.07 Å². The highest BCUT2D eigenvalue weighted by Crippen LogP contribution is 2.32. The van der Waals surface area contributed by atoms with E-state index in [4.69, 9.17) is 0 Å². The zero-order chi connectivity index (χ0) is 25.6. The molecule has 2 aromatic heterocycles. The smallest absolute Gasteiger partial charge is 0.390 e. The minimum absolute atomic E-state index is 0.0382. The molecule has 0 saturated carbocycles. The molecule has 4 aromatic rings. The maximum Gasteiger partial charge on any atom is 0.416 e. The van der Waals surface area contributed by atoms with E-state index < -0.39 is 41.5 Å². The molecule has 0 fully saturated rings. The minimum Gasteiger partial charge on any atom is -0.390 e. The van der Waals surface area contributed by atoms with E-state index in [1.54, 1.807) is 12.1 Å². The second-order valence-corrected chi connectivity index (χ2v) is 8.35. The summed E-state index contributed by atoms with van der Waals surface area (Å²) in [5.41, 5.74) is 0.274. The molecular weight excluding hydrogens is 480 g/mol. The fourth-order valence-corrected chi connectivity index (χ4v) is 4.25. The van der Waals surface area contributed by atoms with E-state index in [0.29, 0.717) is 6.42 Å². The fourth-order valence-electron chi connectivity index (χ4n) is 4.25. The number of halogens is 4. The molecule has 2 heterocycles. The summed E-state index contributed by atoms with van der Waals surface area (Å²) in [7, 11) is 0. The Hall–Kier alpha value is -4.25. The lowest BCUT2D eigenvalue weighted by Crippen LogP contribution is -2.34. The molecule has 1 aliphatic carbocycles. The Morgan fingerprint density at radius 2 is 1.83 bits per heavy atom. The summed E-state index contributed by atoms with van der Waals surface area (Å²) >= 11 is 0. The van der Waals surface area contributed by atoms with E-state index in [1.807, 2.05) is 12.1 Å².